The van der Waals surface area contributed by atoms with Crippen LogP contribution in [0.4, 0.5) is 0 Å². The molecule has 5 heteroatoms. The second-order valence-corrected chi connectivity index (χ2v) is 4.35. The minimum atomic E-state index is -0.475. The van der Waals surface area contributed by atoms with E-state index in [9.17, 15) is 4.79 Å². The van der Waals surface area contributed by atoms with Gasteiger partial charge in [-0.1, -0.05) is 12.1 Å². The van der Waals surface area contributed by atoms with Gasteiger partial charge in [0.2, 0.25) is 5.90 Å². The molecule has 2 heterocycles. The molecule has 0 unspecified atom stereocenters. The highest BCUT2D eigenvalue weighted by molar-refractivity contribution is 6.12. The monoisotopic (exact) mass is 280 g/mol. The summed E-state index contributed by atoms with van der Waals surface area (Å²) in [6.45, 7) is 0. The second-order valence-electron chi connectivity index (χ2n) is 4.35. The third-order valence-electron chi connectivity index (χ3n) is 2.92. The highest BCUT2D eigenvalue weighted by atomic mass is 16.6. The average molecular weight is 280 g/mol. The van der Waals surface area contributed by atoms with Crippen LogP contribution in [0.1, 0.15) is 11.1 Å². The first-order valence-electron chi connectivity index (χ1n) is 6.33. The zero-order valence-corrected chi connectivity index (χ0v) is 11.3. The van der Waals surface area contributed by atoms with Crippen LogP contribution in [0.25, 0.3) is 6.08 Å². The lowest BCUT2D eigenvalue weighted by atomic mass is 10.2. The molecule has 0 saturated carbocycles. The Morgan fingerprint density at radius 2 is 2.14 bits per heavy atom. The van der Waals surface area contributed by atoms with Crippen LogP contribution < -0.4 is 4.74 Å². The van der Waals surface area contributed by atoms with Gasteiger partial charge in [-0.25, -0.2) is 9.79 Å². The number of cyclic esters (lactones) is 1. The van der Waals surface area contributed by atoms with E-state index in [0.717, 1.165) is 5.56 Å². The maximum absolute atomic E-state index is 11.9. The summed E-state index contributed by atoms with van der Waals surface area (Å²) < 4.78 is 10.3. The minimum absolute atomic E-state index is 0.251. The van der Waals surface area contributed by atoms with Crippen molar-refractivity contribution in [2.75, 3.05) is 7.11 Å². The molecule has 2 aromatic rings. The van der Waals surface area contributed by atoms with Gasteiger partial charge in [-0.05, 0) is 35.9 Å². The number of rotatable bonds is 3. The zero-order valence-electron chi connectivity index (χ0n) is 11.3. The van der Waals surface area contributed by atoms with E-state index in [4.69, 9.17) is 9.47 Å². The fraction of sp³-hybridized carbons (Fsp3) is 0.0625. The Labute approximate surface area is 121 Å². The number of pyridine rings is 1. The van der Waals surface area contributed by atoms with Crippen LogP contribution in [0.15, 0.2) is 59.5 Å². The molecule has 1 aliphatic heterocycles. The number of aromatic nitrogens is 1. The number of carbonyl (C=O) groups excluding carboxylic acids is 1. The van der Waals surface area contributed by atoms with Gasteiger partial charge in [0.05, 0.1) is 7.11 Å². The third-order valence-corrected chi connectivity index (χ3v) is 2.92. The van der Waals surface area contributed by atoms with Crippen molar-refractivity contribution < 1.29 is 14.3 Å². The molecule has 0 fully saturated rings. The van der Waals surface area contributed by atoms with Gasteiger partial charge in [-0.15, -0.1) is 0 Å². The van der Waals surface area contributed by atoms with Crippen LogP contribution >= 0.6 is 0 Å². The predicted molar refractivity (Wildman–Crippen MR) is 77.8 cm³/mol. The van der Waals surface area contributed by atoms with Crippen molar-refractivity contribution in [2.24, 2.45) is 4.99 Å². The first-order chi connectivity index (χ1) is 10.3. The van der Waals surface area contributed by atoms with E-state index >= 15 is 0 Å². The molecule has 1 aromatic heterocycles. The Morgan fingerprint density at radius 3 is 2.90 bits per heavy atom. The maximum Gasteiger partial charge on any atom is 0.363 e. The first-order valence-corrected chi connectivity index (χ1v) is 6.33. The normalized spacial score (nSPS) is 15.8. The molecule has 0 atom stereocenters. The molecule has 0 aliphatic carbocycles. The number of benzene rings is 1. The van der Waals surface area contributed by atoms with Gasteiger partial charge in [-0.3, -0.25) is 4.98 Å². The number of esters is 1. The Morgan fingerprint density at radius 1 is 1.24 bits per heavy atom. The fourth-order valence-electron chi connectivity index (χ4n) is 1.91. The number of nitrogens with zero attached hydrogens (tertiary/aromatic N) is 2. The molecule has 0 amide bonds. The average Bonchev–Trinajstić information content (AvgIpc) is 2.89. The summed E-state index contributed by atoms with van der Waals surface area (Å²) in [7, 11) is 1.58. The van der Waals surface area contributed by atoms with Crippen molar-refractivity contribution in [2.45, 2.75) is 0 Å². The summed E-state index contributed by atoms with van der Waals surface area (Å²) in [6.07, 6.45) is 4.96. The molecule has 104 valence electrons. The predicted octanol–water partition coefficient (Wildman–Crippen LogP) is 2.43. The summed E-state index contributed by atoms with van der Waals surface area (Å²) in [5, 5.41) is 0. The lowest BCUT2D eigenvalue weighted by Gasteiger charge is -2.02. The van der Waals surface area contributed by atoms with Gasteiger partial charge >= 0.3 is 5.97 Å². The molecule has 0 bridgehead atoms. The van der Waals surface area contributed by atoms with E-state index in [1.54, 1.807) is 37.7 Å². The molecule has 21 heavy (non-hydrogen) atoms. The van der Waals surface area contributed by atoms with E-state index in [0.29, 0.717) is 11.3 Å². The Balaban J connectivity index is 1.93. The van der Waals surface area contributed by atoms with Crippen molar-refractivity contribution in [3.05, 3.63) is 65.6 Å². The second kappa shape index (κ2) is 5.58. The Hall–Kier alpha value is -2.95. The van der Waals surface area contributed by atoms with Crippen LogP contribution in [0.2, 0.25) is 0 Å². The molecule has 0 spiro atoms. The summed E-state index contributed by atoms with van der Waals surface area (Å²) >= 11 is 0. The van der Waals surface area contributed by atoms with Crippen molar-refractivity contribution in [3.8, 4) is 5.75 Å². The molecule has 3 rings (SSSR count). The smallest absolute Gasteiger partial charge is 0.363 e. The molecule has 1 aromatic carbocycles. The number of hydrogen-bond donors (Lipinski definition) is 0. The van der Waals surface area contributed by atoms with E-state index in [1.807, 2.05) is 24.3 Å². The van der Waals surface area contributed by atoms with Gasteiger partial charge in [0.1, 0.15) is 5.75 Å². The van der Waals surface area contributed by atoms with Crippen LogP contribution in [-0.4, -0.2) is 24.0 Å². The van der Waals surface area contributed by atoms with E-state index in [2.05, 4.69) is 9.98 Å². The largest absolute Gasteiger partial charge is 0.497 e. The zero-order chi connectivity index (χ0) is 14.7. The molecule has 0 radical (unpaired) electrons. The summed E-state index contributed by atoms with van der Waals surface area (Å²) in [6, 6.07) is 10.8. The highest BCUT2D eigenvalue weighted by Gasteiger charge is 2.24. The minimum Gasteiger partial charge on any atom is -0.497 e. The van der Waals surface area contributed by atoms with Crippen molar-refractivity contribution >= 4 is 17.9 Å². The molecular formula is C16H12N2O3. The quantitative estimate of drug-likeness (QED) is 0.640. The molecule has 0 N–H and O–H groups in total. The number of methoxy groups -OCH3 is 1. The van der Waals surface area contributed by atoms with Gasteiger partial charge in [0, 0.05) is 18.0 Å². The standard InChI is InChI=1S/C16H12N2O3/c1-20-13-6-2-5-12(9-13)15-18-14(16(19)21-15)8-11-4-3-7-17-10-11/h2-10H,1H3/b14-8-. The van der Waals surface area contributed by atoms with Gasteiger partial charge in [0.15, 0.2) is 5.70 Å². The molecule has 5 nitrogen and oxygen atoms in total. The molecular weight excluding hydrogens is 268 g/mol. The maximum atomic E-state index is 11.9. The lowest BCUT2D eigenvalue weighted by molar-refractivity contribution is -0.129. The Bertz CT molecular complexity index is 736. The third kappa shape index (κ3) is 2.81. The van der Waals surface area contributed by atoms with Crippen LogP contribution in [0.3, 0.4) is 0 Å². The fourth-order valence-corrected chi connectivity index (χ4v) is 1.91. The number of carbonyl (C=O) groups is 1. The Kier molecular flexibility index (Phi) is 3.47. The summed E-state index contributed by atoms with van der Waals surface area (Å²) in [5.74, 6) is 0.474. The van der Waals surface area contributed by atoms with Crippen LogP contribution in [0.5, 0.6) is 5.75 Å². The van der Waals surface area contributed by atoms with Gasteiger partial charge in [-0.2, -0.15) is 0 Å². The highest BCUT2D eigenvalue weighted by Crippen LogP contribution is 2.21. The number of aliphatic imine (C=N–C) groups is 1. The van der Waals surface area contributed by atoms with Gasteiger partial charge < -0.3 is 9.47 Å². The van der Waals surface area contributed by atoms with Gasteiger partial charge in [0.25, 0.3) is 0 Å². The van der Waals surface area contributed by atoms with E-state index < -0.39 is 5.97 Å². The number of ether oxygens (including phenoxy) is 2. The molecule has 0 saturated heterocycles. The van der Waals surface area contributed by atoms with Crippen molar-refractivity contribution in [3.63, 3.8) is 0 Å². The summed E-state index contributed by atoms with van der Waals surface area (Å²) in [5.41, 5.74) is 1.73. The topological polar surface area (TPSA) is 60.8 Å². The van der Waals surface area contributed by atoms with Crippen LogP contribution in [-0.2, 0) is 9.53 Å². The van der Waals surface area contributed by atoms with E-state index in [1.165, 1.54) is 0 Å². The van der Waals surface area contributed by atoms with Crippen molar-refractivity contribution in [1.82, 2.24) is 4.98 Å². The number of hydrogen-bond acceptors (Lipinski definition) is 5. The molecule has 1 aliphatic rings. The van der Waals surface area contributed by atoms with Crippen LogP contribution in [0, 0.1) is 0 Å². The summed E-state index contributed by atoms with van der Waals surface area (Å²) in [4.78, 5) is 20.1. The first kappa shape index (κ1) is 13.1. The van der Waals surface area contributed by atoms with E-state index in [-0.39, 0.29) is 11.6 Å². The van der Waals surface area contributed by atoms with Crippen molar-refractivity contribution in [1.29, 1.82) is 0 Å². The SMILES string of the molecule is COc1cccc(C2=N/C(=C\c3cccnc3)C(=O)O2)c1. The lowest BCUT2D eigenvalue weighted by Crippen LogP contribution is -2.05.